The average molecular weight is 489 g/mol. The van der Waals surface area contributed by atoms with E-state index in [4.69, 9.17) is 19.2 Å². The molecule has 1 N–H and O–H groups in total. The van der Waals surface area contributed by atoms with E-state index < -0.39 is 0 Å². The Balaban J connectivity index is 2.18. The second kappa shape index (κ2) is 9.08. The molecule has 4 rings (SSSR count). The van der Waals surface area contributed by atoms with Gasteiger partial charge in [-0.25, -0.2) is 4.98 Å². The van der Waals surface area contributed by atoms with E-state index in [0.29, 0.717) is 17.2 Å². The molecule has 0 radical (unpaired) electrons. The van der Waals surface area contributed by atoms with E-state index in [1.807, 2.05) is 36.4 Å². The third-order valence-electron chi connectivity index (χ3n) is 6.48. The number of hydrogen-bond acceptors (Lipinski definition) is 5. The minimum atomic E-state index is -0.276. The van der Waals surface area contributed by atoms with Gasteiger partial charge in [-0.1, -0.05) is 53.7 Å². The third-order valence-corrected chi connectivity index (χ3v) is 6.48. The van der Waals surface area contributed by atoms with E-state index in [1.165, 1.54) is 0 Å². The molecular formula is C30H36N2O4. The summed E-state index contributed by atoms with van der Waals surface area (Å²) in [6, 6.07) is 15.8. The number of fused-ring (bicyclic) bond motifs is 1. The van der Waals surface area contributed by atoms with E-state index in [0.717, 1.165) is 45.0 Å². The highest BCUT2D eigenvalue weighted by Crippen LogP contribution is 2.43. The Morgan fingerprint density at radius 3 is 1.78 bits per heavy atom. The second-order valence-electron chi connectivity index (χ2n) is 11.1. The molecule has 190 valence electrons. The molecule has 4 aromatic rings. The molecule has 0 aliphatic rings. The summed E-state index contributed by atoms with van der Waals surface area (Å²) in [5, 5.41) is 11.3. The Labute approximate surface area is 213 Å². The standard InChI is InChI=1S/C30H36N2O4/c1-29(2,3)20-14-18(15-21(27(20)33)30(4,5)6)32-23-17-26(36-9)25(35-8)16-22(23)31-28(32)19-12-10-11-13-24(19)34-7/h10-17,33H,1-9H3. The maximum absolute atomic E-state index is 11.3. The van der Waals surface area contributed by atoms with Gasteiger partial charge in [-0.05, 0) is 35.1 Å². The molecule has 0 atom stereocenters. The Bertz CT molecular complexity index is 1390. The van der Waals surface area contributed by atoms with Crippen LogP contribution in [0.5, 0.6) is 23.0 Å². The summed E-state index contributed by atoms with van der Waals surface area (Å²) in [7, 11) is 4.91. The summed E-state index contributed by atoms with van der Waals surface area (Å²) in [5.74, 6) is 3.00. The molecule has 0 amide bonds. The van der Waals surface area contributed by atoms with Crippen molar-refractivity contribution >= 4 is 11.0 Å². The molecule has 0 saturated heterocycles. The van der Waals surface area contributed by atoms with Crippen LogP contribution in [-0.2, 0) is 10.8 Å². The lowest BCUT2D eigenvalue weighted by molar-refractivity contribution is 0.355. The first-order chi connectivity index (χ1) is 16.9. The van der Waals surface area contributed by atoms with Crippen molar-refractivity contribution in [3.8, 4) is 40.1 Å². The number of rotatable bonds is 5. The number of imidazole rings is 1. The number of para-hydroxylation sites is 1. The molecule has 1 heterocycles. The van der Waals surface area contributed by atoms with E-state index in [2.05, 4.69) is 58.2 Å². The van der Waals surface area contributed by atoms with Gasteiger partial charge in [0.1, 0.15) is 17.3 Å². The first kappa shape index (κ1) is 25.4. The van der Waals surface area contributed by atoms with Gasteiger partial charge in [-0.15, -0.1) is 0 Å². The lowest BCUT2D eigenvalue weighted by Crippen LogP contribution is -2.18. The van der Waals surface area contributed by atoms with E-state index in [9.17, 15) is 5.11 Å². The average Bonchev–Trinajstić information content (AvgIpc) is 3.19. The highest BCUT2D eigenvalue weighted by Gasteiger charge is 2.28. The molecule has 6 nitrogen and oxygen atoms in total. The van der Waals surface area contributed by atoms with Crippen molar-refractivity contribution in [2.75, 3.05) is 21.3 Å². The van der Waals surface area contributed by atoms with Gasteiger partial charge < -0.3 is 19.3 Å². The van der Waals surface area contributed by atoms with Gasteiger partial charge in [0.15, 0.2) is 11.5 Å². The number of benzene rings is 3. The van der Waals surface area contributed by atoms with Crippen LogP contribution in [-0.4, -0.2) is 36.0 Å². The van der Waals surface area contributed by atoms with Crippen LogP contribution in [0.15, 0.2) is 48.5 Å². The lowest BCUT2D eigenvalue weighted by Gasteiger charge is -2.28. The van der Waals surface area contributed by atoms with Crippen LogP contribution in [0.1, 0.15) is 52.7 Å². The maximum atomic E-state index is 11.3. The van der Waals surface area contributed by atoms with Gasteiger partial charge in [0.05, 0.1) is 37.9 Å². The topological polar surface area (TPSA) is 65.7 Å². The highest BCUT2D eigenvalue weighted by molar-refractivity contribution is 5.87. The summed E-state index contributed by atoms with van der Waals surface area (Å²) < 4.78 is 19.0. The predicted octanol–water partition coefficient (Wildman–Crippen LogP) is 7.02. The van der Waals surface area contributed by atoms with Crippen LogP contribution in [0, 0.1) is 0 Å². The Kier molecular flexibility index (Phi) is 6.41. The summed E-state index contributed by atoms with van der Waals surface area (Å²) in [4.78, 5) is 5.04. The molecule has 0 aliphatic carbocycles. The quantitative estimate of drug-likeness (QED) is 0.327. The number of aromatic nitrogens is 2. The predicted molar refractivity (Wildman–Crippen MR) is 145 cm³/mol. The van der Waals surface area contributed by atoms with Gasteiger partial charge in [0, 0.05) is 28.9 Å². The number of methoxy groups -OCH3 is 3. The van der Waals surface area contributed by atoms with Crippen molar-refractivity contribution in [3.63, 3.8) is 0 Å². The number of phenolic OH excluding ortho intramolecular Hbond substituents is 1. The molecular weight excluding hydrogens is 452 g/mol. The highest BCUT2D eigenvalue weighted by atomic mass is 16.5. The zero-order chi connectivity index (χ0) is 26.4. The summed E-state index contributed by atoms with van der Waals surface area (Å²) in [6.07, 6.45) is 0. The minimum absolute atomic E-state index is 0.276. The molecule has 1 aromatic heterocycles. The van der Waals surface area contributed by atoms with Gasteiger partial charge in [-0.3, -0.25) is 4.57 Å². The van der Waals surface area contributed by atoms with Crippen LogP contribution in [0.3, 0.4) is 0 Å². The Morgan fingerprint density at radius 2 is 1.25 bits per heavy atom. The summed E-state index contributed by atoms with van der Waals surface area (Å²) in [6.45, 7) is 12.7. The molecule has 0 fully saturated rings. The van der Waals surface area contributed by atoms with Crippen molar-refractivity contribution in [2.24, 2.45) is 0 Å². The number of nitrogens with zero attached hydrogens (tertiary/aromatic N) is 2. The zero-order valence-electron chi connectivity index (χ0n) is 22.7. The fourth-order valence-corrected chi connectivity index (χ4v) is 4.57. The van der Waals surface area contributed by atoms with E-state index >= 15 is 0 Å². The van der Waals surface area contributed by atoms with Gasteiger partial charge >= 0.3 is 0 Å². The summed E-state index contributed by atoms with van der Waals surface area (Å²) in [5.41, 5.74) is 4.58. The number of ether oxygens (including phenoxy) is 3. The van der Waals surface area contributed by atoms with Crippen molar-refractivity contribution in [1.82, 2.24) is 9.55 Å². The molecule has 3 aromatic carbocycles. The SMILES string of the molecule is COc1cc2nc(-c3ccccc3OC)n(-c3cc(C(C)(C)C)c(O)c(C(C)(C)C)c3)c2cc1OC. The van der Waals surface area contributed by atoms with Gasteiger partial charge in [0.25, 0.3) is 0 Å². The van der Waals surface area contributed by atoms with Crippen LogP contribution in [0.25, 0.3) is 28.1 Å². The van der Waals surface area contributed by atoms with Crippen molar-refractivity contribution < 1.29 is 19.3 Å². The molecule has 0 aliphatic heterocycles. The molecule has 0 bridgehead atoms. The van der Waals surface area contributed by atoms with Crippen molar-refractivity contribution in [3.05, 3.63) is 59.7 Å². The Morgan fingerprint density at radius 1 is 0.722 bits per heavy atom. The normalized spacial score (nSPS) is 12.1. The molecule has 0 spiro atoms. The molecule has 0 saturated carbocycles. The number of aromatic hydroxyl groups is 1. The second-order valence-corrected chi connectivity index (χ2v) is 11.1. The van der Waals surface area contributed by atoms with Gasteiger partial charge in [0.2, 0.25) is 0 Å². The minimum Gasteiger partial charge on any atom is -0.507 e. The van der Waals surface area contributed by atoms with Crippen LogP contribution in [0.2, 0.25) is 0 Å². The lowest BCUT2D eigenvalue weighted by atomic mass is 9.79. The first-order valence-electron chi connectivity index (χ1n) is 12.1. The van der Waals surface area contributed by atoms with E-state index in [1.54, 1.807) is 21.3 Å². The van der Waals surface area contributed by atoms with E-state index in [-0.39, 0.29) is 10.8 Å². The summed E-state index contributed by atoms with van der Waals surface area (Å²) >= 11 is 0. The van der Waals surface area contributed by atoms with Crippen LogP contribution >= 0.6 is 0 Å². The number of hydrogen-bond donors (Lipinski definition) is 1. The molecule has 36 heavy (non-hydrogen) atoms. The van der Waals surface area contributed by atoms with Crippen molar-refractivity contribution in [2.45, 2.75) is 52.4 Å². The molecule has 6 heteroatoms. The zero-order valence-corrected chi connectivity index (χ0v) is 22.7. The third kappa shape index (κ3) is 4.36. The molecule has 0 unspecified atom stereocenters. The monoisotopic (exact) mass is 488 g/mol. The van der Waals surface area contributed by atoms with Crippen molar-refractivity contribution in [1.29, 1.82) is 0 Å². The maximum Gasteiger partial charge on any atom is 0.163 e. The Hall–Kier alpha value is -3.67. The van der Waals surface area contributed by atoms with Gasteiger partial charge in [-0.2, -0.15) is 0 Å². The number of phenols is 1. The smallest absolute Gasteiger partial charge is 0.163 e. The van der Waals surface area contributed by atoms with Crippen LogP contribution in [0.4, 0.5) is 0 Å². The van der Waals surface area contributed by atoms with Crippen LogP contribution < -0.4 is 14.2 Å². The fourth-order valence-electron chi connectivity index (χ4n) is 4.57. The largest absolute Gasteiger partial charge is 0.507 e. The fraction of sp³-hybridized carbons (Fsp3) is 0.367. The first-order valence-corrected chi connectivity index (χ1v) is 12.1.